The fraction of sp³-hybridized carbons (Fsp3) is 0.650. The largest absolute Gasteiger partial charge is 0.444 e. The third-order valence-electron chi connectivity index (χ3n) is 3.70. The molecule has 6 heteroatoms. The van der Waals surface area contributed by atoms with Crippen LogP contribution in [0, 0.1) is 0 Å². The van der Waals surface area contributed by atoms with Gasteiger partial charge in [0.1, 0.15) is 5.60 Å². The Morgan fingerprint density at radius 2 is 1.62 bits per heavy atom. The number of benzene rings is 1. The Morgan fingerprint density at radius 3 is 2.04 bits per heavy atom. The molecule has 3 rings (SSSR count). The topological polar surface area (TPSA) is 72.6 Å². The minimum absolute atomic E-state index is 0.167. The van der Waals surface area contributed by atoms with E-state index >= 15 is 0 Å². The zero-order chi connectivity index (χ0) is 19.7. The number of ether oxygens (including phenoxy) is 1. The van der Waals surface area contributed by atoms with E-state index in [-0.39, 0.29) is 11.7 Å². The first kappa shape index (κ1) is 22.5. The molecule has 148 valence electrons. The second-order valence-corrected chi connectivity index (χ2v) is 8.97. The molecule has 1 saturated carbocycles. The van der Waals surface area contributed by atoms with E-state index in [9.17, 15) is 9.00 Å². The van der Waals surface area contributed by atoms with Crippen molar-refractivity contribution in [3.05, 3.63) is 24.3 Å². The standard InChI is InChI=1S/C9H17NO2.C9H11NOS.C2H6/c1-9(2,3)12-8(11)10-6-4-5-7-10;10-7-1-3-8(4-2-7)12(11)9-5-6-9;1-2/h4-7H2,1-3H3;1-4,9H,5-6,10H2;1-2H3. The van der Waals surface area contributed by atoms with Gasteiger partial charge in [0.2, 0.25) is 0 Å². The SMILES string of the molecule is CC.CC(C)(C)OC(=O)N1CCCC1.Nc1ccc(S(=O)C2CC2)cc1. The van der Waals surface area contributed by atoms with Gasteiger partial charge in [-0.1, -0.05) is 13.8 Å². The molecule has 2 aliphatic rings. The molecular weight excluding hydrogens is 348 g/mol. The normalized spacial score (nSPS) is 17.3. The Hall–Kier alpha value is -1.56. The van der Waals surface area contributed by atoms with Crippen LogP contribution in [0.3, 0.4) is 0 Å². The van der Waals surface area contributed by atoms with Gasteiger partial charge in [0, 0.05) is 28.9 Å². The summed E-state index contributed by atoms with van der Waals surface area (Å²) in [5.74, 6) is 0. The maximum atomic E-state index is 11.6. The van der Waals surface area contributed by atoms with Gasteiger partial charge in [0.05, 0.1) is 10.8 Å². The molecule has 1 aliphatic carbocycles. The number of nitrogens with two attached hydrogens (primary N) is 1. The molecule has 1 heterocycles. The van der Waals surface area contributed by atoms with Crippen molar-refractivity contribution in [3.8, 4) is 0 Å². The number of amides is 1. The zero-order valence-corrected chi connectivity index (χ0v) is 17.6. The van der Waals surface area contributed by atoms with Gasteiger partial charge in [0.15, 0.2) is 0 Å². The molecule has 0 aromatic heterocycles. The van der Waals surface area contributed by atoms with Crippen molar-refractivity contribution in [2.75, 3.05) is 18.8 Å². The van der Waals surface area contributed by atoms with E-state index in [2.05, 4.69) is 0 Å². The van der Waals surface area contributed by atoms with Gasteiger partial charge in [-0.25, -0.2) is 4.79 Å². The first-order chi connectivity index (χ1) is 12.3. The summed E-state index contributed by atoms with van der Waals surface area (Å²) in [6, 6.07) is 7.30. The monoisotopic (exact) mass is 382 g/mol. The van der Waals surface area contributed by atoms with E-state index in [4.69, 9.17) is 10.5 Å². The minimum Gasteiger partial charge on any atom is -0.444 e. The Morgan fingerprint density at radius 1 is 1.12 bits per heavy atom. The molecule has 1 saturated heterocycles. The fourth-order valence-corrected chi connectivity index (χ4v) is 3.66. The Kier molecular flexibility index (Phi) is 9.13. The van der Waals surface area contributed by atoms with Crippen molar-refractivity contribution in [3.63, 3.8) is 0 Å². The first-order valence-electron chi connectivity index (χ1n) is 9.50. The predicted molar refractivity (Wildman–Crippen MR) is 109 cm³/mol. The summed E-state index contributed by atoms with van der Waals surface area (Å²) in [4.78, 5) is 14.0. The number of anilines is 1. The molecule has 1 atom stereocenters. The summed E-state index contributed by atoms with van der Waals surface area (Å²) < 4.78 is 16.8. The summed E-state index contributed by atoms with van der Waals surface area (Å²) in [6.45, 7) is 11.4. The molecule has 2 fully saturated rings. The summed E-state index contributed by atoms with van der Waals surface area (Å²) in [7, 11) is -0.788. The predicted octanol–water partition coefficient (Wildman–Crippen LogP) is 4.58. The number of hydrogen-bond donors (Lipinski definition) is 1. The number of nitrogens with zero attached hydrogens (tertiary/aromatic N) is 1. The minimum atomic E-state index is -0.788. The summed E-state index contributed by atoms with van der Waals surface area (Å²) in [6.07, 6.45) is 4.27. The lowest BCUT2D eigenvalue weighted by Crippen LogP contribution is -2.34. The Balaban J connectivity index is 0.000000238. The smallest absolute Gasteiger partial charge is 0.410 e. The zero-order valence-electron chi connectivity index (χ0n) is 16.8. The van der Waals surface area contributed by atoms with E-state index in [0.29, 0.717) is 5.25 Å². The lowest BCUT2D eigenvalue weighted by Gasteiger charge is -2.23. The van der Waals surface area contributed by atoms with Gasteiger partial charge in [-0.15, -0.1) is 0 Å². The van der Waals surface area contributed by atoms with Crippen molar-refractivity contribution in [1.29, 1.82) is 0 Å². The molecule has 0 spiro atoms. The quantitative estimate of drug-likeness (QED) is 0.760. The van der Waals surface area contributed by atoms with E-state index < -0.39 is 10.8 Å². The van der Waals surface area contributed by atoms with Crippen molar-refractivity contribution in [2.24, 2.45) is 0 Å². The van der Waals surface area contributed by atoms with Crippen LogP contribution in [0.5, 0.6) is 0 Å². The molecule has 1 unspecified atom stereocenters. The van der Waals surface area contributed by atoms with Gasteiger partial charge in [-0.3, -0.25) is 4.21 Å². The lowest BCUT2D eigenvalue weighted by atomic mass is 10.2. The van der Waals surface area contributed by atoms with Crippen LogP contribution >= 0.6 is 0 Å². The van der Waals surface area contributed by atoms with Crippen LogP contribution < -0.4 is 5.73 Å². The molecule has 1 aromatic rings. The molecule has 2 N–H and O–H groups in total. The van der Waals surface area contributed by atoms with Crippen LogP contribution in [0.15, 0.2) is 29.2 Å². The molecule has 0 radical (unpaired) electrons. The summed E-state index contributed by atoms with van der Waals surface area (Å²) >= 11 is 0. The molecule has 5 nitrogen and oxygen atoms in total. The van der Waals surface area contributed by atoms with Crippen LogP contribution in [0.2, 0.25) is 0 Å². The average molecular weight is 383 g/mol. The third-order valence-corrected chi connectivity index (χ3v) is 5.51. The van der Waals surface area contributed by atoms with E-state index in [1.807, 2.05) is 46.8 Å². The van der Waals surface area contributed by atoms with Crippen LogP contribution in [0.1, 0.15) is 60.3 Å². The lowest BCUT2D eigenvalue weighted by molar-refractivity contribution is 0.0295. The van der Waals surface area contributed by atoms with E-state index in [1.165, 1.54) is 0 Å². The molecular formula is C20H34N2O3S. The van der Waals surface area contributed by atoms with Crippen LogP contribution in [0.4, 0.5) is 10.5 Å². The summed E-state index contributed by atoms with van der Waals surface area (Å²) in [5, 5.41) is 0.411. The van der Waals surface area contributed by atoms with E-state index in [0.717, 1.165) is 49.4 Å². The molecule has 1 amide bonds. The van der Waals surface area contributed by atoms with E-state index in [1.54, 1.807) is 17.0 Å². The van der Waals surface area contributed by atoms with Crippen molar-refractivity contribution in [1.82, 2.24) is 4.90 Å². The van der Waals surface area contributed by atoms with Crippen LogP contribution in [-0.4, -0.2) is 39.1 Å². The molecule has 1 aromatic carbocycles. The number of carbonyl (C=O) groups is 1. The van der Waals surface area contributed by atoms with Crippen LogP contribution in [0.25, 0.3) is 0 Å². The number of hydrogen-bond acceptors (Lipinski definition) is 4. The number of carbonyl (C=O) groups excluding carboxylic acids is 1. The average Bonchev–Trinajstić information content (AvgIpc) is 3.29. The second kappa shape index (κ2) is 10.6. The maximum Gasteiger partial charge on any atom is 0.410 e. The Labute approximate surface area is 160 Å². The third kappa shape index (κ3) is 8.21. The highest BCUT2D eigenvalue weighted by molar-refractivity contribution is 7.86. The fourth-order valence-electron chi connectivity index (χ4n) is 2.30. The molecule has 26 heavy (non-hydrogen) atoms. The van der Waals surface area contributed by atoms with Crippen molar-refractivity contribution >= 4 is 22.6 Å². The molecule has 1 aliphatic heterocycles. The number of nitrogen functional groups attached to an aromatic ring is 1. The van der Waals surface area contributed by atoms with Crippen LogP contribution in [-0.2, 0) is 15.5 Å². The van der Waals surface area contributed by atoms with Gasteiger partial charge < -0.3 is 15.4 Å². The number of rotatable bonds is 2. The second-order valence-electron chi connectivity index (χ2n) is 7.24. The summed E-state index contributed by atoms with van der Waals surface area (Å²) in [5.41, 5.74) is 5.89. The van der Waals surface area contributed by atoms with Gasteiger partial charge in [-0.05, 0) is 70.7 Å². The highest BCUT2D eigenvalue weighted by Gasteiger charge is 2.29. The van der Waals surface area contributed by atoms with Gasteiger partial charge >= 0.3 is 6.09 Å². The Bertz CT molecular complexity index is 572. The van der Waals surface area contributed by atoms with Crippen molar-refractivity contribution < 1.29 is 13.7 Å². The van der Waals surface area contributed by atoms with Gasteiger partial charge in [0.25, 0.3) is 0 Å². The number of likely N-dealkylation sites (tertiary alicyclic amines) is 1. The highest BCUT2D eigenvalue weighted by Crippen LogP contribution is 2.30. The maximum absolute atomic E-state index is 11.6. The van der Waals surface area contributed by atoms with Gasteiger partial charge in [-0.2, -0.15) is 0 Å². The van der Waals surface area contributed by atoms with Crippen molar-refractivity contribution in [2.45, 2.75) is 76.0 Å². The highest BCUT2D eigenvalue weighted by atomic mass is 32.2. The molecule has 0 bridgehead atoms. The first-order valence-corrected chi connectivity index (χ1v) is 10.7.